The van der Waals surface area contributed by atoms with Gasteiger partial charge < -0.3 is 11.1 Å². The second-order valence-electron chi connectivity index (χ2n) is 11.2. The van der Waals surface area contributed by atoms with Gasteiger partial charge in [0.2, 0.25) is 0 Å². The Morgan fingerprint density at radius 3 is 2.30 bits per heavy atom. The molecule has 0 saturated carbocycles. The molecule has 6 nitrogen and oxygen atoms in total. The van der Waals surface area contributed by atoms with E-state index >= 15 is 8.78 Å². The van der Waals surface area contributed by atoms with Gasteiger partial charge in [-0.25, -0.2) is 18.3 Å². The van der Waals surface area contributed by atoms with Crippen molar-refractivity contribution in [2.45, 2.75) is 72.3 Å². The number of nitrogens with two attached hydrogens (primary N) is 1. The van der Waals surface area contributed by atoms with Crippen LogP contribution in [0.3, 0.4) is 0 Å². The van der Waals surface area contributed by atoms with E-state index in [0.29, 0.717) is 49.2 Å². The third-order valence-corrected chi connectivity index (χ3v) is 8.33. The number of fused-ring (bicyclic) bond motifs is 1. The molecule has 0 radical (unpaired) electrons. The van der Waals surface area contributed by atoms with Crippen LogP contribution < -0.4 is 11.1 Å². The van der Waals surface area contributed by atoms with Crippen molar-refractivity contribution in [3.63, 3.8) is 0 Å². The maximum atomic E-state index is 15.9. The van der Waals surface area contributed by atoms with Crippen molar-refractivity contribution in [3.05, 3.63) is 99.2 Å². The number of aromatic nitrogens is 2. The summed E-state index contributed by atoms with van der Waals surface area (Å²) in [6.45, 7) is 8.37. The fraction of sp³-hybridized carbons (Fsp3) is 0.333. The lowest BCUT2D eigenvalue weighted by molar-refractivity contribution is -0.137. The number of carbonyl (C=O) groups is 1. The second kappa shape index (κ2) is 12.0. The van der Waals surface area contributed by atoms with Crippen LogP contribution in [0.5, 0.6) is 0 Å². The lowest BCUT2D eigenvalue weighted by Gasteiger charge is -2.33. The molecule has 0 spiro atoms. The van der Waals surface area contributed by atoms with Gasteiger partial charge in [-0.2, -0.15) is 18.3 Å². The van der Waals surface area contributed by atoms with Crippen LogP contribution in [0.25, 0.3) is 16.9 Å². The summed E-state index contributed by atoms with van der Waals surface area (Å²) in [5.74, 6) is -1.63. The Morgan fingerprint density at radius 1 is 1.02 bits per heavy atom. The SMILES string of the molecule is CCc1cccc(CC)c1-n1nc2c(c1-c1cc(F)c(NC(N)=O)cc1F)CN(Cc1ccc(C(F)(F)F)cc1C)[C@@H](C)C2. The molecule has 4 aromatic rings. The van der Waals surface area contributed by atoms with E-state index in [1.165, 1.54) is 6.07 Å². The van der Waals surface area contributed by atoms with Crippen LogP contribution in [0, 0.1) is 18.6 Å². The zero-order valence-corrected chi connectivity index (χ0v) is 24.9. The number of nitrogens with one attached hydrogen (secondary N) is 1. The van der Waals surface area contributed by atoms with E-state index in [1.807, 2.05) is 39.0 Å². The zero-order chi connectivity index (χ0) is 31.9. The Hall–Kier alpha value is -4.25. The van der Waals surface area contributed by atoms with Crippen LogP contribution in [0.2, 0.25) is 0 Å². The monoisotopic (exact) mass is 611 g/mol. The average molecular weight is 612 g/mol. The molecule has 0 aliphatic carbocycles. The smallest absolute Gasteiger partial charge is 0.351 e. The fourth-order valence-corrected chi connectivity index (χ4v) is 5.96. The Bertz CT molecular complexity index is 1710. The zero-order valence-electron chi connectivity index (χ0n) is 24.9. The number of anilines is 1. The van der Waals surface area contributed by atoms with Crippen molar-refractivity contribution in [1.82, 2.24) is 14.7 Å². The Labute approximate surface area is 252 Å². The normalized spacial score (nSPS) is 15.3. The third kappa shape index (κ3) is 5.93. The number of hydrogen-bond acceptors (Lipinski definition) is 3. The minimum absolute atomic E-state index is 0.0283. The molecular formula is C33H34F5N5O. The number of urea groups is 1. The minimum atomic E-state index is -4.44. The molecular weight excluding hydrogens is 577 g/mol. The predicted octanol–water partition coefficient (Wildman–Crippen LogP) is 7.71. The van der Waals surface area contributed by atoms with Crippen molar-refractivity contribution in [3.8, 4) is 16.9 Å². The van der Waals surface area contributed by atoms with E-state index in [1.54, 1.807) is 11.6 Å². The van der Waals surface area contributed by atoms with Gasteiger partial charge >= 0.3 is 12.2 Å². The summed E-state index contributed by atoms with van der Waals surface area (Å²) in [5.41, 5.74) is 9.91. The van der Waals surface area contributed by atoms with E-state index in [4.69, 9.17) is 10.8 Å². The third-order valence-electron chi connectivity index (χ3n) is 8.33. The lowest BCUT2D eigenvalue weighted by atomic mass is 9.94. The number of aryl methyl sites for hydroxylation is 3. The molecule has 1 aliphatic rings. The number of nitrogens with zero attached hydrogens (tertiary/aromatic N) is 3. The number of carbonyl (C=O) groups excluding carboxylic acids is 1. The Kier molecular flexibility index (Phi) is 8.53. The lowest BCUT2D eigenvalue weighted by Crippen LogP contribution is -2.38. The van der Waals surface area contributed by atoms with Gasteiger partial charge in [-0.05, 0) is 67.1 Å². The molecule has 0 unspecified atom stereocenters. The molecule has 0 fully saturated rings. The maximum absolute atomic E-state index is 15.9. The summed E-state index contributed by atoms with van der Waals surface area (Å²) in [7, 11) is 0. The highest BCUT2D eigenvalue weighted by molar-refractivity contribution is 5.88. The van der Waals surface area contributed by atoms with Gasteiger partial charge in [-0.1, -0.05) is 38.1 Å². The highest BCUT2D eigenvalue weighted by Crippen LogP contribution is 2.39. The van der Waals surface area contributed by atoms with Gasteiger partial charge in [-0.3, -0.25) is 4.90 Å². The minimum Gasteiger partial charge on any atom is -0.351 e. The van der Waals surface area contributed by atoms with Crippen LogP contribution in [0.4, 0.5) is 32.4 Å². The molecule has 44 heavy (non-hydrogen) atoms. The Balaban J connectivity index is 1.66. The van der Waals surface area contributed by atoms with Gasteiger partial charge in [0.15, 0.2) is 0 Å². The van der Waals surface area contributed by atoms with Crippen molar-refractivity contribution >= 4 is 11.7 Å². The molecule has 2 heterocycles. The molecule has 3 N–H and O–H groups in total. The predicted molar refractivity (Wildman–Crippen MR) is 159 cm³/mol. The van der Waals surface area contributed by atoms with Crippen LogP contribution >= 0.6 is 0 Å². The van der Waals surface area contributed by atoms with E-state index in [0.717, 1.165) is 52.3 Å². The molecule has 11 heteroatoms. The van der Waals surface area contributed by atoms with Crippen LogP contribution in [0.1, 0.15) is 59.8 Å². The molecule has 3 aromatic carbocycles. The van der Waals surface area contributed by atoms with Gasteiger partial charge in [0.1, 0.15) is 11.6 Å². The second-order valence-corrected chi connectivity index (χ2v) is 11.2. The molecule has 0 bridgehead atoms. The highest BCUT2D eigenvalue weighted by atomic mass is 19.4. The number of primary amides is 1. The number of halogens is 5. The number of rotatable bonds is 7. The first-order chi connectivity index (χ1) is 20.8. The molecule has 2 amide bonds. The standard InChI is InChI=1S/C33H34F5N5O/c1-5-20-8-7-9-21(6-2)30(20)43-31(24-14-27(35)29(15-26(24)34)40-32(39)44)25-17-42(19(4)13-28(25)41-43)16-22-10-11-23(12-18(22)3)33(36,37)38/h7-12,14-15,19H,5-6,13,16-17H2,1-4H3,(H3,39,40,44)/t19-/m0/s1. The Morgan fingerprint density at radius 2 is 1.70 bits per heavy atom. The average Bonchev–Trinajstić information content (AvgIpc) is 3.31. The summed E-state index contributed by atoms with van der Waals surface area (Å²) in [4.78, 5) is 13.5. The van der Waals surface area contributed by atoms with Crippen molar-refractivity contribution < 1.29 is 26.7 Å². The van der Waals surface area contributed by atoms with Crippen LogP contribution in [-0.4, -0.2) is 26.8 Å². The number of para-hydroxylation sites is 1. The van der Waals surface area contributed by atoms with Crippen LogP contribution in [0.15, 0.2) is 48.5 Å². The molecule has 5 rings (SSSR count). The summed E-state index contributed by atoms with van der Waals surface area (Å²) in [6, 6.07) is 10.5. The first kappa shape index (κ1) is 31.2. The van der Waals surface area contributed by atoms with Crippen LogP contribution in [-0.2, 0) is 38.5 Å². The first-order valence-corrected chi connectivity index (χ1v) is 14.5. The van der Waals surface area contributed by atoms with Gasteiger partial charge in [0.25, 0.3) is 0 Å². The quantitative estimate of drug-likeness (QED) is 0.210. The van der Waals surface area contributed by atoms with Crippen molar-refractivity contribution in [2.24, 2.45) is 5.73 Å². The van der Waals surface area contributed by atoms with E-state index < -0.39 is 29.4 Å². The van der Waals surface area contributed by atoms with E-state index in [-0.39, 0.29) is 17.3 Å². The highest BCUT2D eigenvalue weighted by Gasteiger charge is 2.34. The fourth-order valence-electron chi connectivity index (χ4n) is 5.96. The topological polar surface area (TPSA) is 76.2 Å². The number of alkyl halides is 3. The first-order valence-electron chi connectivity index (χ1n) is 14.5. The number of benzene rings is 3. The maximum Gasteiger partial charge on any atom is 0.416 e. The summed E-state index contributed by atoms with van der Waals surface area (Å²) in [5, 5.41) is 7.10. The number of amides is 2. The van der Waals surface area contributed by atoms with Gasteiger partial charge in [-0.15, -0.1) is 0 Å². The van der Waals surface area contributed by atoms with Gasteiger partial charge in [0.05, 0.1) is 28.3 Å². The van der Waals surface area contributed by atoms with E-state index in [9.17, 15) is 18.0 Å². The summed E-state index contributed by atoms with van der Waals surface area (Å²) < 4.78 is 72.7. The van der Waals surface area contributed by atoms with Crippen molar-refractivity contribution in [2.75, 3.05) is 5.32 Å². The summed E-state index contributed by atoms with van der Waals surface area (Å²) in [6.07, 6.45) is -2.58. The molecule has 0 saturated heterocycles. The number of hydrogen-bond donors (Lipinski definition) is 2. The largest absolute Gasteiger partial charge is 0.416 e. The van der Waals surface area contributed by atoms with Gasteiger partial charge in [0, 0.05) is 42.7 Å². The molecule has 232 valence electrons. The molecule has 1 aliphatic heterocycles. The van der Waals surface area contributed by atoms with E-state index in [2.05, 4.69) is 10.2 Å². The molecule has 1 aromatic heterocycles. The molecule has 1 atom stereocenters. The summed E-state index contributed by atoms with van der Waals surface area (Å²) >= 11 is 0. The van der Waals surface area contributed by atoms with Crippen molar-refractivity contribution in [1.29, 1.82) is 0 Å².